The molecule has 1 N–H and O–H groups in total. The van der Waals surface area contributed by atoms with E-state index in [-0.39, 0.29) is 13.1 Å². The molecule has 0 saturated heterocycles. The molecule has 2 aromatic carbocycles. The molecule has 33 heavy (non-hydrogen) atoms. The first-order valence-corrected chi connectivity index (χ1v) is 10.8. The minimum atomic E-state index is -0.627. The summed E-state index contributed by atoms with van der Waals surface area (Å²) in [5.74, 6) is 0.0907. The summed E-state index contributed by atoms with van der Waals surface area (Å²) in [6, 6.07) is 12.1. The number of hydrogen-bond acceptors (Lipinski definition) is 6. The van der Waals surface area contributed by atoms with Gasteiger partial charge in [0.1, 0.15) is 17.1 Å². The Morgan fingerprint density at radius 1 is 1.00 bits per heavy atom. The quantitative estimate of drug-likeness (QED) is 0.449. The Hall–Kier alpha value is -3.92. The number of nitrogens with zero attached hydrogens (tertiary/aromatic N) is 2. The molecular formula is C23H20FN3O5S. The van der Waals surface area contributed by atoms with Crippen molar-refractivity contribution in [1.82, 2.24) is 9.13 Å². The third-order valence-corrected chi connectivity index (χ3v) is 5.95. The molecule has 0 aliphatic carbocycles. The maximum Gasteiger partial charge on any atom is 0.332 e. The smallest absolute Gasteiger partial charge is 0.332 e. The van der Waals surface area contributed by atoms with Gasteiger partial charge in [0, 0.05) is 11.8 Å². The molecule has 170 valence electrons. The van der Waals surface area contributed by atoms with Crippen LogP contribution >= 0.6 is 11.3 Å². The van der Waals surface area contributed by atoms with Crippen molar-refractivity contribution in [3.05, 3.63) is 86.1 Å². The van der Waals surface area contributed by atoms with E-state index in [0.29, 0.717) is 33.0 Å². The lowest BCUT2D eigenvalue weighted by Gasteiger charge is -2.13. The van der Waals surface area contributed by atoms with Crippen molar-refractivity contribution in [2.45, 2.75) is 13.1 Å². The fraction of sp³-hybridized carbons (Fsp3) is 0.174. The Kier molecular flexibility index (Phi) is 6.27. The summed E-state index contributed by atoms with van der Waals surface area (Å²) in [5, 5.41) is 4.42. The van der Waals surface area contributed by atoms with Crippen LogP contribution in [0.2, 0.25) is 0 Å². The first-order valence-electron chi connectivity index (χ1n) is 9.88. The van der Waals surface area contributed by atoms with E-state index in [0.717, 1.165) is 4.57 Å². The molecule has 4 aromatic rings. The number of rotatable bonds is 7. The first kappa shape index (κ1) is 22.3. The predicted molar refractivity (Wildman–Crippen MR) is 124 cm³/mol. The number of thiophene rings is 1. The molecule has 0 aliphatic rings. The minimum Gasteiger partial charge on any atom is -0.493 e. The lowest BCUT2D eigenvalue weighted by Crippen LogP contribution is -2.41. The van der Waals surface area contributed by atoms with Crippen LogP contribution in [0.3, 0.4) is 0 Å². The highest BCUT2D eigenvalue weighted by molar-refractivity contribution is 7.17. The molecular weight excluding hydrogens is 449 g/mol. The summed E-state index contributed by atoms with van der Waals surface area (Å²) >= 11 is 1.19. The second kappa shape index (κ2) is 9.29. The fourth-order valence-electron chi connectivity index (χ4n) is 3.46. The van der Waals surface area contributed by atoms with Crippen molar-refractivity contribution in [3.63, 3.8) is 0 Å². The monoisotopic (exact) mass is 469 g/mol. The van der Waals surface area contributed by atoms with Gasteiger partial charge in [0.15, 0.2) is 11.5 Å². The van der Waals surface area contributed by atoms with Crippen molar-refractivity contribution in [3.8, 4) is 11.5 Å². The highest BCUT2D eigenvalue weighted by atomic mass is 32.1. The van der Waals surface area contributed by atoms with E-state index in [1.165, 1.54) is 54.4 Å². The van der Waals surface area contributed by atoms with Crippen LogP contribution < -0.4 is 26.0 Å². The van der Waals surface area contributed by atoms with Crippen LogP contribution in [0.1, 0.15) is 5.56 Å². The molecule has 0 unspecified atom stereocenters. The molecule has 10 heteroatoms. The number of fused-ring (bicyclic) bond motifs is 1. The average molecular weight is 469 g/mol. The number of nitrogens with one attached hydrogen (secondary N) is 1. The molecule has 2 aromatic heterocycles. The van der Waals surface area contributed by atoms with Gasteiger partial charge in [-0.15, -0.1) is 11.3 Å². The van der Waals surface area contributed by atoms with Gasteiger partial charge in [0.05, 0.1) is 26.3 Å². The largest absolute Gasteiger partial charge is 0.493 e. The van der Waals surface area contributed by atoms with Crippen LogP contribution in [0.15, 0.2) is 63.5 Å². The summed E-state index contributed by atoms with van der Waals surface area (Å²) in [5.41, 5.74) is 0.358. The lowest BCUT2D eigenvalue weighted by molar-refractivity contribution is -0.116. The number of hydrogen-bond donors (Lipinski definition) is 1. The standard InChI is InChI=1S/C23H20FN3O5S/c1-31-18-8-7-16(11-19(18)32-2)25-20(28)13-26-17-9-10-33-21(17)22(29)27(23(26)30)12-14-3-5-15(24)6-4-14/h3-11H,12-13H2,1-2H3,(H,25,28). The third-order valence-electron chi connectivity index (χ3n) is 5.06. The van der Waals surface area contributed by atoms with E-state index >= 15 is 0 Å². The zero-order valence-electron chi connectivity index (χ0n) is 17.8. The van der Waals surface area contributed by atoms with Gasteiger partial charge in [-0.25, -0.2) is 9.18 Å². The number of ether oxygens (including phenoxy) is 2. The van der Waals surface area contributed by atoms with Gasteiger partial charge < -0.3 is 14.8 Å². The van der Waals surface area contributed by atoms with E-state index in [2.05, 4.69) is 5.32 Å². The molecule has 0 bridgehead atoms. The second-order valence-corrected chi connectivity index (χ2v) is 8.06. The van der Waals surface area contributed by atoms with Gasteiger partial charge >= 0.3 is 5.69 Å². The Bertz CT molecular complexity index is 1440. The number of amides is 1. The van der Waals surface area contributed by atoms with E-state index in [1.54, 1.807) is 29.6 Å². The molecule has 0 fully saturated rings. The Labute approximate surface area is 191 Å². The van der Waals surface area contributed by atoms with Crippen LogP contribution in [0.5, 0.6) is 11.5 Å². The molecule has 0 radical (unpaired) electrons. The normalized spacial score (nSPS) is 10.9. The van der Waals surface area contributed by atoms with Gasteiger partial charge in [-0.1, -0.05) is 12.1 Å². The van der Waals surface area contributed by atoms with Crippen LogP contribution in [0.25, 0.3) is 10.2 Å². The summed E-state index contributed by atoms with van der Waals surface area (Å²) < 4.78 is 26.3. The van der Waals surface area contributed by atoms with Crippen LogP contribution in [0.4, 0.5) is 10.1 Å². The van der Waals surface area contributed by atoms with Gasteiger partial charge in [-0.05, 0) is 41.3 Å². The molecule has 8 nitrogen and oxygen atoms in total. The first-order chi connectivity index (χ1) is 15.9. The minimum absolute atomic E-state index is 0.0386. The van der Waals surface area contributed by atoms with Gasteiger partial charge in [-0.3, -0.25) is 18.7 Å². The van der Waals surface area contributed by atoms with Gasteiger partial charge in [-0.2, -0.15) is 0 Å². The van der Waals surface area contributed by atoms with Crippen molar-refractivity contribution in [2.75, 3.05) is 19.5 Å². The number of carbonyl (C=O) groups excluding carboxylic acids is 1. The van der Waals surface area contributed by atoms with E-state index in [9.17, 15) is 18.8 Å². The number of methoxy groups -OCH3 is 2. The van der Waals surface area contributed by atoms with Crippen LogP contribution in [-0.4, -0.2) is 29.3 Å². The number of aromatic nitrogens is 2. The van der Waals surface area contributed by atoms with Gasteiger partial charge in [0.2, 0.25) is 5.91 Å². The number of carbonyl (C=O) groups is 1. The van der Waals surface area contributed by atoms with E-state index in [1.807, 2.05) is 0 Å². The number of benzene rings is 2. The summed E-state index contributed by atoms with van der Waals surface area (Å²) in [6.07, 6.45) is 0. The summed E-state index contributed by atoms with van der Waals surface area (Å²) in [6.45, 7) is -0.340. The molecule has 0 atom stereocenters. The third kappa shape index (κ3) is 4.51. The number of halogens is 1. The average Bonchev–Trinajstić information content (AvgIpc) is 3.30. The maximum absolute atomic E-state index is 13.2. The van der Waals surface area contributed by atoms with Crippen molar-refractivity contribution in [2.24, 2.45) is 0 Å². The molecule has 1 amide bonds. The van der Waals surface area contributed by atoms with Crippen molar-refractivity contribution in [1.29, 1.82) is 0 Å². The zero-order chi connectivity index (χ0) is 23.5. The lowest BCUT2D eigenvalue weighted by atomic mass is 10.2. The number of anilines is 1. The SMILES string of the molecule is COc1ccc(NC(=O)Cn2c(=O)n(Cc3ccc(F)cc3)c(=O)c3sccc32)cc1OC. The van der Waals surface area contributed by atoms with Crippen molar-refractivity contribution >= 4 is 33.1 Å². The molecule has 2 heterocycles. The predicted octanol–water partition coefficient (Wildman–Crippen LogP) is 3.07. The van der Waals surface area contributed by atoms with Gasteiger partial charge in [0.25, 0.3) is 5.56 Å². The molecule has 0 saturated carbocycles. The van der Waals surface area contributed by atoms with E-state index < -0.39 is 23.0 Å². The highest BCUT2D eigenvalue weighted by Crippen LogP contribution is 2.29. The Morgan fingerprint density at radius 3 is 2.42 bits per heavy atom. The molecule has 0 spiro atoms. The molecule has 0 aliphatic heterocycles. The summed E-state index contributed by atoms with van der Waals surface area (Å²) in [7, 11) is 3.00. The molecule has 4 rings (SSSR count). The topological polar surface area (TPSA) is 91.6 Å². The second-order valence-electron chi connectivity index (χ2n) is 7.14. The van der Waals surface area contributed by atoms with Crippen LogP contribution in [0, 0.1) is 5.82 Å². The van der Waals surface area contributed by atoms with Crippen LogP contribution in [-0.2, 0) is 17.9 Å². The maximum atomic E-state index is 13.2. The Morgan fingerprint density at radius 2 is 1.73 bits per heavy atom. The highest BCUT2D eigenvalue weighted by Gasteiger charge is 2.17. The zero-order valence-corrected chi connectivity index (χ0v) is 18.6. The summed E-state index contributed by atoms with van der Waals surface area (Å²) in [4.78, 5) is 38.9. The Balaban J connectivity index is 1.67. The fourth-order valence-corrected chi connectivity index (χ4v) is 4.30. The van der Waals surface area contributed by atoms with Crippen molar-refractivity contribution < 1.29 is 18.7 Å². The van der Waals surface area contributed by atoms with E-state index in [4.69, 9.17) is 9.47 Å².